The van der Waals surface area contributed by atoms with Crippen molar-refractivity contribution in [2.45, 2.75) is 17.2 Å². The molecule has 1 N–H and O–H groups in total. The zero-order valence-corrected chi connectivity index (χ0v) is 17.4. The molecule has 1 amide bonds. The molecule has 1 aromatic carbocycles. The number of carbonyl (C=O) groups excluding carboxylic acids is 1. The van der Waals surface area contributed by atoms with Crippen LogP contribution >= 0.6 is 22.9 Å². The second kappa shape index (κ2) is 8.70. The normalized spacial score (nSPS) is 17.0. The van der Waals surface area contributed by atoms with Crippen molar-refractivity contribution in [3.8, 4) is 0 Å². The first-order valence-corrected chi connectivity index (χ1v) is 11.4. The third-order valence-electron chi connectivity index (χ3n) is 4.74. The van der Waals surface area contributed by atoms with Crippen LogP contribution in [-0.4, -0.2) is 56.8 Å². The lowest BCUT2D eigenvalue weighted by molar-refractivity contribution is -0.132. The van der Waals surface area contributed by atoms with E-state index < -0.39 is 10.0 Å². The molecule has 1 fully saturated rings. The molecule has 146 valence electrons. The van der Waals surface area contributed by atoms with E-state index in [1.54, 1.807) is 16.3 Å². The molecule has 1 saturated heterocycles. The summed E-state index contributed by atoms with van der Waals surface area (Å²) in [5.41, 5.74) is 1.07. The van der Waals surface area contributed by atoms with Crippen molar-refractivity contribution < 1.29 is 13.2 Å². The second-order valence-corrected chi connectivity index (χ2v) is 9.72. The van der Waals surface area contributed by atoms with E-state index in [-0.39, 0.29) is 22.7 Å². The van der Waals surface area contributed by atoms with Crippen LogP contribution in [-0.2, 0) is 14.8 Å². The van der Waals surface area contributed by atoms with Crippen LogP contribution in [0.5, 0.6) is 0 Å². The number of benzene rings is 1. The molecule has 1 aromatic heterocycles. The number of halogens is 1. The molecular weight excluding hydrogens is 406 g/mol. The van der Waals surface area contributed by atoms with E-state index in [0.717, 1.165) is 35.0 Å². The Labute approximate surface area is 168 Å². The van der Waals surface area contributed by atoms with Gasteiger partial charge in [0.25, 0.3) is 10.0 Å². The van der Waals surface area contributed by atoms with Crippen molar-refractivity contribution in [2.75, 3.05) is 32.7 Å². The molecule has 1 atom stereocenters. The van der Waals surface area contributed by atoms with Crippen molar-refractivity contribution in [1.29, 1.82) is 0 Å². The fourth-order valence-corrected chi connectivity index (χ4v) is 5.43. The van der Waals surface area contributed by atoms with Crippen molar-refractivity contribution >= 4 is 38.9 Å². The maximum Gasteiger partial charge on any atom is 0.250 e. The van der Waals surface area contributed by atoms with Crippen LogP contribution in [0, 0.1) is 0 Å². The van der Waals surface area contributed by atoms with Crippen LogP contribution < -0.4 is 4.72 Å². The van der Waals surface area contributed by atoms with E-state index in [4.69, 9.17) is 11.6 Å². The highest BCUT2D eigenvalue weighted by molar-refractivity contribution is 7.91. The molecule has 0 bridgehead atoms. The lowest BCUT2D eigenvalue weighted by Gasteiger charge is -2.38. The number of hydrogen-bond acceptors (Lipinski definition) is 5. The molecule has 0 aliphatic carbocycles. The minimum atomic E-state index is -3.62. The smallest absolute Gasteiger partial charge is 0.250 e. The van der Waals surface area contributed by atoms with Gasteiger partial charge in [0.15, 0.2) is 0 Å². The lowest BCUT2D eigenvalue weighted by Crippen LogP contribution is -2.51. The molecule has 1 unspecified atom stereocenters. The van der Waals surface area contributed by atoms with Gasteiger partial charge in [-0.1, -0.05) is 35.9 Å². The number of amides is 1. The fraction of sp³-hybridized carbons (Fsp3) is 0.389. The van der Waals surface area contributed by atoms with Gasteiger partial charge in [-0.3, -0.25) is 9.69 Å². The van der Waals surface area contributed by atoms with E-state index in [1.165, 1.54) is 6.07 Å². The van der Waals surface area contributed by atoms with Gasteiger partial charge < -0.3 is 4.90 Å². The Morgan fingerprint density at radius 1 is 1.19 bits per heavy atom. The summed E-state index contributed by atoms with van der Waals surface area (Å²) in [5.74, 6) is -0.208. The Balaban J connectivity index is 1.51. The summed E-state index contributed by atoms with van der Waals surface area (Å²) in [6, 6.07) is 11.1. The number of sulfonamides is 1. The van der Waals surface area contributed by atoms with Crippen LogP contribution in [0.2, 0.25) is 5.02 Å². The van der Waals surface area contributed by atoms with Crippen LogP contribution in [0.4, 0.5) is 0 Å². The molecule has 9 heteroatoms. The van der Waals surface area contributed by atoms with E-state index in [1.807, 2.05) is 24.3 Å². The lowest BCUT2D eigenvalue weighted by atomic mass is 10.1. The molecule has 3 rings (SSSR count). The van der Waals surface area contributed by atoms with Crippen LogP contribution in [0.3, 0.4) is 0 Å². The van der Waals surface area contributed by atoms with Crippen LogP contribution in [0.1, 0.15) is 18.5 Å². The molecule has 2 heterocycles. The molecule has 27 heavy (non-hydrogen) atoms. The molecule has 1 aliphatic heterocycles. The predicted octanol–water partition coefficient (Wildman–Crippen LogP) is 2.59. The first-order valence-electron chi connectivity index (χ1n) is 8.68. The SMILES string of the molecule is CC(c1ccccc1Cl)N1CCN(C(=O)CNS(=O)(=O)c2cccs2)CC1. The molecule has 0 radical (unpaired) electrons. The van der Waals surface area contributed by atoms with Crippen LogP contribution in [0.25, 0.3) is 0 Å². The minimum Gasteiger partial charge on any atom is -0.339 e. The van der Waals surface area contributed by atoms with Crippen molar-refractivity contribution in [1.82, 2.24) is 14.5 Å². The standard InChI is InChI=1S/C18H22ClN3O3S2/c1-14(15-5-2-3-6-16(15)19)21-8-10-22(11-9-21)17(23)13-20-27(24,25)18-7-4-12-26-18/h2-7,12,14,20H,8-11,13H2,1H3. The van der Waals surface area contributed by atoms with E-state index in [9.17, 15) is 13.2 Å². The summed E-state index contributed by atoms with van der Waals surface area (Å²) in [6.07, 6.45) is 0. The van der Waals surface area contributed by atoms with Crippen molar-refractivity contribution in [3.63, 3.8) is 0 Å². The topological polar surface area (TPSA) is 69.7 Å². The van der Waals surface area contributed by atoms with E-state index in [2.05, 4.69) is 16.5 Å². The average Bonchev–Trinajstić information content (AvgIpc) is 3.22. The highest BCUT2D eigenvalue weighted by Gasteiger charge is 2.26. The number of hydrogen-bond donors (Lipinski definition) is 1. The monoisotopic (exact) mass is 427 g/mol. The summed E-state index contributed by atoms with van der Waals surface area (Å²) in [6.45, 7) is 4.45. The number of rotatable bonds is 6. The van der Waals surface area contributed by atoms with Gasteiger partial charge in [-0.05, 0) is 30.0 Å². The Kier molecular flexibility index (Phi) is 6.54. The van der Waals surface area contributed by atoms with Gasteiger partial charge in [-0.15, -0.1) is 11.3 Å². The molecule has 0 saturated carbocycles. The highest BCUT2D eigenvalue weighted by atomic mass is 35.5. The number of thiophene rings is 1. The fourth-order valence-electron chi connectivity index (χ4n) is 3.13. The minimum absolute atomic E-state index is 0.160. The summed E-state index contributed by atoms with van der Waals surface area (Å²) in [5, 5.41) is 2.43. The summed E-state index contributed by atoms with van der Waals surface area (Å²) >= 11 is 7.42. The van der Waals surface area contributed by atoms with Gasteiger partial charge >= 0.3 is 0 Å². The Bertz CT molecular complexity index is 879. The van der Waals surface area contributed by atoms with Gasteiger partial charge in [0, 0.05) is 37.2 Å². The molecule has 1 aliphatic rings. The van der Waals surface area contributed by atoms with Gasteiger partial charge in [0.1, 0.15) is 4.21 Å². The largest absolute Gasteiger partial charge is 0.339 e. The number of nitrogens with one attached hydrogen (secondary N) is 1. The summed E-state index contributed by atoms with van der Waals surface area (Å²) in [4.78, 5) is 16.4. The van der Waals surface area contributed by atoms with Crippen LogP contribution in [0.15, 0.2) is 46.0 Å². The molecular formula is C18H22ClN3O3S2. The average molecular weight is 428 g/mol. The highest BCUT2D eigenvalue weighted by Crippen LogP contribution is 2.27. The zero-order valence-electron chi connectivity index (χ0n) is 15.0. The zero-order chi connectivity index (χ0) is 19.4. The van der Waals surface area contributed by atoms with Crippen molar-refractivity contribution in [3.05, 3.63) is 52.4 Å². The summed E-state index contributed by atoms with van der Waals surface area (Å²) < 4.78 is 26.8. The van der Waals surface area contributed by atoms with Gasteiger partial charge in [0.05, 0.1) is 6.54 Å². The number of carbonyl (C=O) groups is 1. The first kappa shape index (κ1) is 20.3. The Morgan fingerprint density at radius 3 is 2.52 bits per heavy atom. The molecule has 2 aromatic rings. The quantitative estimate of drug-likeness (QED) is 0.769. The van der Waals surface area contributed by atoms with Gasteiger partial charge in [-0.25, -0.2) is 13.1 Å². The van der Waals surface area contributed by atoms with E-state index in [0.29, 0.717) is 13.1 Å². The van der Waals surface area contributed by atoms with Crippen molar-refractivity contribution in [2.24, 2.45) is 0 Å². The van der Waals surface area contributed by atoms with Gasteiger partial charge in [0.2, 0.25) is 5.91 Å². The third kappa shape index (κ3) is 4.89. The van der Waals surface area contributed by atoms with Gasteiger partial charge in [-0.2, -0.15) is 0 Å². The maximum atomic E-state index is 12.4. The molecule has 0 spiro atoms. The maximum absolute atomic E-state index is 12.4. The summed E-state index contributed by atoms with van der Waals surface area (Å²) in [7, 11) is -3.62. The molecule has 6 nitrogen and oxygen atoms in total. The number of piperazine rings is 1. The first-order chi connectivity index (χ1) is 12.9. The second-order valence-electron chi connectivity index (χ2n) is 6.37. The third-order valence-corrected chi connectivity index (χ3v) is 7.89. The van der Waals surface area contributed by atoms with E-state index >= 15 is 0 Å². The Hall–Kier alpha value is -1.45. The number of nitrogens with zero attached hydrogens (tertiary/aromatic N) is 2. The Morgan fingerprint density at radius 2 is 1.89 bits per heavy atom. The predicted molar refractivity (Wildman–Crippen MR) is 108 cm³/mol.